The molecule has 0 radical (unpaired) electrons. The van der Waals surface area contributed by atoms with Crippen LogP contribution in [0.4, 0.5) is 5.82 Å². The van der Waals surface area contributed by atoms with Crippen molar-refractivity contribution in [3.8, 4) is 51.1 Å². The number of rotatable bonds is 4. The Labute approximate surface area is 285 Å². The van der Waals surface area contributed by atoms with Gasteiger partial charge in [-0.15, -0.1) is 16.3 Å². The number of nitrogens with zero attached hydrogens (tertiary/aromatic N) is 6. The summed E-state index contributed by atoms with van der Waals surface area (Å²) >= 11 is 1.78. The lowest BCUT2D eigenvalue weighted by Gasteiger charge is -2.12. The van der Waals surface area contributed by atoms with E-state index in [4.69, 9.17) is 16.5 Å². The molecule has 7 heteroatoms. The number of fused-ring (bicyclic) bond motifs is 7. The van der Waals surface area contributed by atoms with E-state index >= 15 is 0 Å². The normalized spacial score (nSPS) is 11.2. The predicted molar refractivity (Wildman–Crippen MR) is 198 cm³/mol. The molecule has 0 bridgehead atoms. The van der Waals surface area contributed by atoms with E-state index in [2.05, 4.69) is 87.6 Å². The second-order valence-corrected chi connectivity index (χ2v) is 12.7. The molecule has 6 nitrogen and oxygen atoms in total. The van der Waals surface area contributed by atoms with Crippen molar-refractivity contribution in [2.24, 2.45) is 0 Å². The molecule has 0 atom stereocenters. The van der Waals surface area contributed by atoms with Crippen LogP contribution in [0.5, 0.6) is 0 Å². The van der Waals surface area contributed by atoms with Crippen LogP contribution in [0.1, 0.15) is 5.69 Å². The van der Waals surface area contributed by atoms with Crippen molar-refractivity contribution in [2.45, 2.75) is 0 Å². The Morgan fingerprint density at radius 3 is 1.61 bits per heavy atom. The first-order chi connectivity index (χ1) is 24.2. The van der Waals surface area contributed by atoms with Crippen LogP contribution >= 0.6 is 11.3 Å². The number of thiophene rings is 1. The Kier molecular flexibility index (Phi) is 6.65. The van der Waals surface area contributed by atoms with Crippen LogP contribution < -0.4 is 0 Å². The third kappa shape index (κ3) is 4.77. The van der Waals surface area contributed by atoms with Crippen LogP contribution in [-0.2, 0) is 0 Å². The van der Waals surface area contributed by atoms with Gasteiger partial charge in [0, 0.05) is 43.1 Å². The molecule has 0 fully saturated rings. The highest BCUT2D eigenvalue weighted by atomic mass is 32.1. The molecule has 5 heterocycles. The molecule has 5 aromatic heterocycles. The molecule has 0 spiro atoms. The number of nitriles is 1. The fourth-order valence-electron chi connectivity index (χ4n) is 6.70. The van der Waals surface area contributed by atoms with E-state index in [-0.39, 0.29) is 0 Å². The molecule has 0 N–H and O–H groups in total. The summed E-state index contributed by atoms with van der Waals surface area (Å²) in [6.07, 6.45) is 3.31. The summed E-state index contributed by atoms with van der Waals surface area (Å²) in [5, 5.41) is 16.5. The number of hydrogen-bond donors (Lipinski definition) is 0. The minimum Gasteiger partial charge on any atom is -0.361 e. The Balaban J connectivity index is 1.27. The Morgan fingerprint density at radius 1 is 0.551 bits per heavy atom. The van der Waals surface area contributed by atoms with Gasteiger partial charge in [-0.25, -0.2) is 15.0 Å². The summed E-state index contributed by atoms with van der Waals surface area (Å²) in [6, 6.07) is 43.2. The number of aromatic nitrogens is 4. The third-order valence-corrected chi connectivity index (χ3v) is 9.95. The highest BCUT2D eigenvalue weighted by Crippen LogP contribution is 2.47. The summed E-state index contributed by atoms with van der Waals surface area (Å²) < 4.78 is 2.36. The molecule has 0 aliphatic heterocycles. The van der Waals surface area contributed by atoms with Gasteiger partial charge in [0.1, 0.15) is 18.0 Å². The van der Waals surface area contributed by atoms with Crippen molar-refractivity contribution in [1.82, 2.24) is 19.9 Å². The monoisotopic (exact) mass is 642 g/mol. The third-order valence-electron chi connectivity index (χ3n) is 8.86. The second kappa shape index (κ2) is 11.5. The van der Waals surface area contributed by atoms with Crippen LogP contribution in [0.25, 0.3) is 91.6 Å². The van der Waals surface area contributed by atoms with Gasteiger partial charge in [-0.3, -0.25) is 0 Å². The quantitative estimate of drug-likeness (QED) is 0.178. The lowest BCUT2D eigenvalue weighted by atomic mass is 9.93. The van der Waals surface area contributed by atoms with Crippen molar-refractivity contribution < 1.29 is 0 Å². The lowest BCUT2D eigenvalue weighted by Crippen LogP contribution is -1.91. The predicted octanol–water partition coefficient (Wildman–Crippen LogP) is 11.0. The van der Waals surface area contributed by atoms with Gasteiger partial charge in [-0.05, 0) is 87.8 Å². The lowest BCUT2D eigenvalue weighted by molar-refractivity contribution is 1.25. The topological polar surface area (TPSA) is 79.7 Å². The van der Waals surface area contributed by atoms with E-state index in [0.29, 0.717) is 11.5 Å². The number of pyridine rings is 4. The first kappa shape index (κ1) is 28.4. The molecule has 49 heavy (non-hydrogen) atoms. The van der Waals surface area contributed by atoms with Gasteiger partial charge in [0.05, 0.1) is 22.8 Å². The first-order valence-electron chi connectivity index (χ1n) is 15.6. The maximum Gasteiger partial charge on any atom is 0.270 e. The first-order valence-corrected chi connectivity index (χ1v) is 16.4. The molecule has 4 aromatic carbocycles. The van der Waals surface area contributed by atoms with Crippen LogP contribution in [0, 0.1) is 17.9 Å². The fourth-order valence-corrected chi connectivity index (χ4v) is 7.92. The average molecular weight is 643 g/mol. The molecular weight excluding hydrogens is 621 g/mol. The Bertz CT molecular complexity index is 2680. The van der Waals surface area contributed by atoms with Crippen LogP contribution in [0.3, 0.4) is 0 Å². The highest BCUT2D eigenvalue weighted by Gasteiger charge is 2.19. The Hall–Kier alpha value is -6.80. The van der Waals surface area contributed by atoms with E-state index in [1.807, 2.05) is 42.5 Å². The molecule has 0 aliphatic rings. The smallest absolute Gasteiger partial charge is 0.270 e. The molecule has 0 aliphatic carbocycles. The minimum atomic E-state index is 0.348. The largest absolute Gasteiger partial charge is 0.361 e. The van der Waals surface area contributed by atoms with Gasteiger partial charge < -0.3 is 4.85 Å². The van der Waals surface area contributed by atoms with Crippen LogP contribution in [-0.4, -0.2) is 19.9 Å². The summed E-state index contributed by atoms with van der Waals surface area (Å²) in [5.74, 6) is 0.348. The molecule has 9 aromatic rings. The standard InChI is InChI=1S/C42H22N6S/c1-44-40-21-26(17-19-46-40)35-13-7-15-37(48-35)33-23-39-42(31-11-5-3-9-29(31)33)41-30-10-4-2-8-28(30)32(22-38(41)49-39)36-14-6-12-34(47-36)25-16-18-45-27(20-25)24-43/h2-23H. The van der Waals surface area contributed by atoms with E-state index in [9.17, 15) is 5.26 Å². The summed E-state index contributed by atoms with van der Waals surface area (Å²) in [5.41, 5.74) is 7.52. The van der Waals surface area contributed by atoms with Gasteiger partial charge in [0.25, 0.3) is 5.82 Å². The molecule has 0 saturated heterocycles. The zero-order chi connectivity index (χ0) is 32.9. The van der Waals surface area contributed by atoms with E-state index < -0.39 is 0 Å². The number of benzene rings is 4. The summed E-state index contributed by atoms with van der Waals surface area (Å²) in [6.45, 7) is 7.39. The zero-order valence-electron chi connectivity index (χ0n) is 25.8. The molecule has 226 valence electrons. The minimum absolute atomic E-state index is 0.348. The molecular formula is C42H22N6S. The van der Waals surface area contributed by atoms with Crippen molar-refractivity contribution in [2.75, 3.05) is 0 Å². The average Bonchev–Trinajstić information content (AvgIpc) is 3.56. The highest BCUT2D eigenvalue weighted by molar-refractivity contribution is 7.26. The van der Waals surface area contributed by atoms with Crippen molar-refractivity contribution >= 4 is 58.9 Å². The summed E-state index contributed by atoms with van der Waals surface area (Å²) in [7, 11) is 0. The van der Waals surface area contributed by atoms with Gasteiger partial charge in [-0.2, -0.15) is 5.26 Å². The molecule has 0 saturated carbocycles. The van der Waals surface area contributed by atoms with E-state index in [1.165, 1.54) is 30.9 Å². The molecule has 9 rings (SSSR count). The van der Waals surface area contributed by atoms with E-state index in [0.717, 1.165) is 55.8 Å². The SMILES string of the molecule is [C-]#[N+]c1cc(-c2cccc(-c3cc4sc5cc(-c6cccc(-c7ccnc(C#N)c7)n6)c6ccccc6c5c4c4ccccc34)n2)ccn1. The van der Waals surface area contributed by atoms with E-state index in [1.54, 1.807) is 35.9 Å². The molecule has 0 unspecified atom stereocenters. The second-order valence-electron chi connectivity index (χ2n) is 11.7. The maximum atomic E-state index is 9.40. The zero-order valence-corrected chi connectivity index (χ0v) is 26.6. The van der Waals surface area contributed by atoms with Crippen LogP contribution in [0.2, 0.25) is 0 Å². The van der Waals surface area contributed by atoms with Crippen LogP contribution in [0.15, 0.2) is 134 Å². The van der Waals surface area contributed by atoms with Crippen molar-refractivity contribution in [1.29, 1.82) is 5.26 Å². The maximum absolute atomic E-state index is 9.40. The van der Waals surface area contributed by atoms with Crippen molar-refractivity contribution in [3.63, 3.8) is 0 Å². The fraction of sp³-hybridized carbons (Fsp3) is 0. The van der Waals surface area contributed by atoms with Gasteiger partial charge >= 0.3 is 0 Å². The number of hydrogen-bond acceptors (Lipinski definition) is 6. The molecule has 0 amide bonds. The Morgan fingerprint density at radius 2 is 1.06 bits per heavy atom. The van der Waals surface area contributed by atoms with Crippen molar-refractivity contribution in [3.05, 3.63) is 151 Å². The van der Waals surface area contributed by atoms with Gasteiger partial charge in [0.15, 0.2) is 0 Å². The van der Waals surface area contributed by atoms with Gasteiger partial charge in [-0.1, -0.05) is 67.2 Å². The summed E-state index contributed by atoms with van der Waals surface area (Å²) in [4.78, 5) is 21.9. The van der Waals surface area contributed by atoms with Gasteiger partial charge in [0.2, 0.25) is 0 Å².